The molecule has 2 aromatic rings. The number of rotatable bonds is 6. The highest BCUT2D eigenvalue weighted by atomic mass is 16.5. The molecular weight excluding hydrogens is 266 g/mol. The van der Waals surface area contributed by atoms with Crippen LogP contribution in [0.3, 0.4) is 0 Å². The fourth-order valence-electron chi connectivity index (χ4n) is 2.33. The van der Waals surface area contributed by atoms with Crippen LogP contribution >= 0.6 is 0 Å². The maximum absolute atomic E-state index is 9.06. The quantitative estimate of drug-likeness (QED) is 0.881. The Balaban J connectivity index is 1.97. The van der Waals surface area contributed by atoms with E-state index < -0.39 is 0 Å². The van der Waals surface area contributed by atoms with Gasteiger partial charge in [0.05, 0.1) is 23.9 Å². The summed E-state index contributed by atoms with van der Waals surface area (Å²) in [6.07, 6.45) is 0.628. The van der Waals surface area contributed by atoms with Crippen LogP contribution in [0.1, 0.15) is 22.5 Å². The minimum Gasteiger partial charge on any atom is -0.492 e. The second-order valence-electron chi connectivity index (χ2n) is 4.83. The fraction of sp³-hybridized carbons (Fsp3) is 0.375. The molecule has 1 N–H and O–H groups in total. The van der Waals surface area contributed by atoms with Crippen molar-refractivity contribution in [3.8, 4) is 11.8 Å². The summed E-state index contributed by atoms with van der Waals surface area (Å²) < 4.78 is 7.55. The van der Waals surface area contributed by atoms with Crippen molar-refractivity contribution in [3.63, 3.8) is 0 Å². The highest BCUT2D eigenvalue weighted by Gasteiger charge is 2.10. The Bertz CT molecular complexity index is 656. The number of aliphatic hydroxyl groups excluding tert-OH is 1. The smallest absolute Gasteiger partial charge is 0.120 e. The van der Waals surface area contributed by atoms with Gasteiger partial charge in [-0.05, 0) is 44.0 Å². The second-order valence-corrected chi connectivity index (χ2v) is 4.83. The minimum absolute atomic E-state index is 0.130. The Labute approximate surface area is 124 Å². The summed E-state index contributed by atoms with van der Waals surface area (Å²) in [4.78, 5) is 0. The summed E-state index contributed by atoms with van der Waals surface area (Å²) in [6, 6.07) is 9.19. The van der Waals surface area contributed by atoms with Gasteiger partial charge in [-0.15, -0.1) is 0 Å². The third-order valence-corrected chi connectivity index (χ3v) is 3.43. The topological polar surface area (TPSA) is 71.1 Å². The van der Waals surface area contributed by atoms with Crippen LogP contribution in [0.4, 0.5) is 0 Å². The van der Waals surface area contributed by atoms with E-state index in [1.807, 2.05) is 24.6 Å². The van der Waals surface area contributed by atoms with Crippen LogP contribution in [-0.2, 0) is 13.0 Å². The Morgan fingerprint density at radius 3 is 2.90 bits per heavy atom. The van der Waals surface area contributed by atoms with E-state index in [0.29, 0.717) is 30.9 Å². The van der Waals surface area contributed by atoms with Crippen molar-refractivity contribution >= 4 is 0 Å². The second kappa shape index (κ2) is 6.91. The van der Waals surface area contributed by atoms with Crippen LogP contribution in [0.2, 0.25) is 0 Å². The van der Waals surface area contributed by atoms with Gasteiger partial charge in [0.2, 0.25) is 0 Å². The SMILES string of the molecule is Cc1nn(CCOc2cccc(C#N)c2)c(C)c1CCO. The summed E-state index contributed by atoms with van der Waals surface area (Å²) in [6.45, 7) is 5.20. The molecular formula is C16H19N3O2. The van der Waals surface area contributed by atoms with Gasteiger partial charge < -0.3 is 9.84 Å². The van der Waals surface area contributed by atoms with Gasteiger partial charge in [-0.1, -0.05) is 6.07 Å². The molecule has 0 radical (unpaired) electrons. The molecule has 1 aromatic heterocycles. The maximum atomic E-state index is 9.06. The molecule has 1 aromatic carbocycles. The number of aromatic nitrogens is 2. The van der Waals surface area contributed by atoms with Gasteiger partial charge in [0.15, 0.2) is 0 Å². The van der Waals surface area contributed by atoms with Crippen LogP contribution in [0.5, 0.6) is 5.75 Å². The number of hydrogen-bond donors (Lipinski definition) is 1. The van der Waals surface area contributed by atoms with Gasteiger partial charge in [0, 0.05) is 12.3 Å². The summed E-state index contributed by atoms with van der Waals surface area (Å²) in [7, 11) is 0. The number of aryl methyl sites for hydroxylation is 1. The van der Waals surface area contributed by atoms with Crippen LogP contribution in [0.25, 0.3) is 0 Å². The first-order valence-corrected chi connectivity index (χ1v) is 6.92. The zero-order valence-electron chi connectivity index (χ0n) is 12.3. The van der Waals surface area contributed by atoms with Gasteiger partial charge in [0.25, 0.3) is 0 Å². The van der Waals surface area contributed by atoms with Gasteiger partial charge in [-0.25, -0.2) is 0 Å². The minimum atomic E-state index is 0.130. The predicted octanol–water partition coefficient (Wildman–Crippen LogP) is 1.99. The molecule has 0 bridgehead atoms. The molecule has 0 aliphatic carbocycles. The molecule has 0 saturated heterocycles. The van der Waals surface area contributed by atoms with Gasteiger partial charge in [-0.3, -0.25) is 4.68 Å². The van der Waals surface area contributed by atoms with Crippen LogP contribution in [0.15, 0.2) is 24.3 Å². The third kappa shape index (κ3) is 3.61. The van der Waals surface area contributed by atoms with E-state index in [2.05, 4.69) is 11.2 Å². The van der Waals surface area contributed by atoms with E-state index in [-0.39, 0.29) is 6.61 Å². The third-order valence-electron chi connectivity index (χ3n) is 3.43. The zero-order chi connectivity index (χ0) is 15.2. The van der Waals surface area contributed by atoms with Crippen molar-refractivity contribution in [3.05, 3.63) is 46.8 Å². The van der Waals surface area contributed by atoms with E-state index in [0.717, 1.165) is 17.0 Å². The standard InChI is InChI=1S/C16H19N3O2/c1-12-16(6-8-20)13(2)19(18-12)7-9-21-15-5-3-4-14(10-15)11-17/h3-5,10,20H,6-9H2,1-2H3. The Hall–Kier alpha value is -2.32. The lowest BCUT2D eigenvalue weighted by atomic mass is 10.1. The first kappa shape index (κ1) is 15.1. The van der Waals surface area contributed by atoms with E-state index >= 15 is 0 Å². The first-order valence-electron chi connectivity index (χ1n) is 6.92. The molecule has 21 heavy (non-hydrogen) atoms. The molecule has 5 heteroatoms. The highest BCUT2D eigenvalue weighted by Crippen LogP contribution is 2.15. The van der Waals surface area contributed by atoms with Crippen molar-refractivity contribution in [2.24, 2.45) is 0 Å². The normalized spacial score (nSPS) is 10.4. The summed E-state index contributed by atoms with van der Waals surface area (Å²) >= 11 is 0. The van der Waals surface area contributed by atoms with Crippen molar-refractivity contribution in [2.75, 3.05) is 13.2 Å². The molecule has 2 rings (SSSR count). The molecule has 0 atom stereocenters. The van der Waals surface area contributed by atoms with Crippen molar-refractivity contribution in [2.45, 2.75) is 26.8 Å². The monoisotopic (exact) mass is 285 g/mol. The van der Waals surface area contributed by atoms with Gasteiger partial charge in [-0.2, -0.15) is 10.4 Å². The lowest BCUT2D eigenvalue weighted by Crippen LogP contribution is -2.11. The number of aliphatic hydroxyl groups is 1. The molecule has 0 aliphatic heterocycles. The van der Waals surface area contributed by atoms with Crippen LogP contribution in [0, 0.1) is 25.2 Å². The van der Waals surface area contributed by atoms with Gasteiger partial charge in [0.1, 0.15) is 12.4 Å². The molecule has 0 saturated carbocycles. The van der Waals surface area contributed by atoms with E-state index in [9.17, 15) is 0 Å². The Morgan fingerprint density at radius 1 is 1.38 bits per heavy atom. The molecule has 0 amide bonds. The summed E-state index contributed by atoms with van der Waals surface area (Å²) in [5.41, 5.74) is 3.71. The number of nitriles is 1. The molecule has 1 heterocycles. The van der Waals surface area contributed by atoms with E-state index in [1.54, 1.807) is 18.2 Å². The Morgan fingerprint density at radius 2 is 2.19 bits per heavy atom. The highest BCUT2D eigenvalue weighted by molar-refractivity contribution is 5.36. The molecule has 110 valence electrons. The lowest BCUT2D eigenvalue weighted by molar-refractivity contribution is 0.289. The number of ether oxygens (including phenoxy) is 1. The zero-order valence-corrected chi connectivity index (χ0v) is 12.3. The molecule has 0 unspecified atom stereocenters. The van der Waals surface area contributed by atoms with Crippen molar-refractivity contribution < 1.29 is 9.84 Å². The lowest BCUT2D eigenvalue weighted by Gasteiger charge is -2.08. The number of nitrogens with zero attached hydrogens (tertiary/aromatic N) is 3. The van der Waals surface area contributed by atoms with Gasteiger partial charge >= 0.3 is 0 Å². The largest absolute Gasteiger partial charge is 0.492 e. The van der Waals surface area contributed by atoms with Crippen LogP contribution < -0.4 is 4.74 Å². The molecule has 5 nitrogen and oxygen atoms in total. The number of benzene rings is 1. The van der Waals surface area contributed by atoms with Crippen LogP contribution in [-0.4, -0.2) is 28.1 Å². The van der Waals surface area contributed by atoms with Crippen molar-refractivity contribution in [1.82, 2.24) is 9.78 Å². The first-order chi connectivity index (χ1) is 10.2. The molecule has 0 spiro atoms. The van der Waals surface area contributed by atoms with Crippen molar-refractivity contribution in [1.29, 1.82) is 5.26 Å². The average Bonchev–Trinajstić information content (AvgIpc) is 2.76. The summed E-state index contributed by atoms with van der Waals surface area (Å²) in [5.74, 6) is 0.686. The predicted molar refractivity (Wildman–Crippen MR) is 79.1 cm³/mol. The molecule has 0 fully saturated rings. The Kier molecular flexibility index (Phi) is 4.96. The molecule has 0 aliphatic rings. The average molecular weight is 285 g/mol. The summed E-state index contributed by atoms with van der Waals surface area (Å²) in [5, 5.41) is 22.4. The fourth-order valence-corrected chi connectivity index (χ4v) is 2.33. The maximum Gasteiger partial charge on any atom is 0.120 e. The van der Waals surface area contributed by atoms with E-state index in [1.165, 1.54) is 0 Å². The number of hydrogen-bond acceptors (Lipinski definition) is 4. The van der Waals surface area contributed by atoms with E-state index in [4.69, 9.17) is 15.1 Å².